The van der Waals surface area contributed by atoms with Gasteiger partial charge >= 0.3 is 0 Å². The van der Waals surface area contributed by atoms with Gasteiger partial charge < -0.3 is 9.64 Å². The van der Waals surface area contributed by atoms with Crippen molar-refractivity contribution >= 4 is 50.5 Å². The van der Waals surface area contributed by atoms with Crippen LogP contribution in [0.5, 0.6) is 5.75 Å². The van der Waals surface area contributed by atoms with Crippen LogP contribution in [0.3, 0.4) is 0 Å². The molecule has 0 aromatic heterocycles. The zero-order valence-corrected chi connectivity index (χ0v) is 18.9. The Labute approximate surface area is 180 Å². The standard InChI is InChI=1S/C20H22Cl2N2O4S/c1-5-24-16-7-6-13(9-17(16)28-11-20(3,4)19(24)25)23-29(26,27)18-8-12(2)14(21)10-15(18)22/h6-10,23H,5,11H2,1-4H3. The molecule has 1 aliphatic heterocycles. The predicted octanol–water partition coefficient (Wildman–Crippen LogP) is 4.87. The summed E-state index contributed by atoms with van der Waals surface area (Å²) in [7, 11) is -3.95. The molecular weight excluding hydrogens is 435 g/mol. The molecule has 9 heteroatoms. The highest BCUT2D eigenvalue weighted by molar-refractivity contribution is 7.92. The molecule has 1 N–H and O–H groups in total. The molecule has 3 rings (SSSR count). The number of ether oxygens (including phenoxy) is 1. The largest absolute Gasteiger partial charge is 0.490 e. The van der Waals surface area contributed by atoms with Crippen LogP contribution in [0.1, 0.15) is 26.3 Å². The highest BCUT2D eigenvalue weighted by Gasteiger charge is 2.37. The number of carbonyl (C=O) groups excluding carboxylic acids is 1. The molecule has 0 saturated carbocycles. The number of sulfonamides is 1. The number of benzene rings is 2. The van der Waals surface area contributed by atoms with Crippen LogP contribution in [0, 0.1) is 12.3 Å². The van der Waals surface area contributed by atoms with Gasteiger partial charge in [-0.1, -0.05) is 23.2 Å². The summed E-state index contributed by atoms with van der Waals surface area (Å²) in [6, 6.07) is 7.66. The quantitative estimate of drug-likeness (QED) is 0.711. The van der Waals surface area contributed by atoms with Crippen molar-refractivity contribution in [3.63, 3.8) is 0 Å². The molecule has 0 saturated heterocycles. The smallest absolute Gasteiger partial charge is 0.263 e. The van der Waals surface area contributed by atoms with Crippen molar-refractivity contribution in [3.8, 4) is 5.75 Å². The van der Waals surface area contributed by atoms with Crippen LogP contribution in [0.25, 0.3) is 0 Å². The zero-order valence-electron chi connectivity index (χ0n) is 16.5. The molecule has 0 aliphatic carbocycles. The van der Waals surface area contributed by atoms with E-state index in [1.807, 2.05) is 20.8 Å². The summed E-state index contributed by atoms with van der Waals surface area (Å²) < 4.78 is 34.1. The van der Waals surface area contributed by atoms with Crippen molar-refractivity contribution in [3.05, 3.63) is 45.9 Å². The molecule has 0 spiro atoms. The lowest BCUT2D eigenvalue weighted by Crippen LogP contribution is -2.42. The van der Waals surface area contributed by atoms with Crippen molar-refractivity contribution < 1.29 is 17.9 Å². The molecule has 156 valence electrons. The van der Waals surface area contributed by atoms with Crippen LogP contribution in [-0.4, -0.2) is 27.5 Å². The van der Waals surface area contributed by atoms with E-state index in [4.69, 9.17) is 27.9 Å². The monoisotopic (exact) mass is 456 g/mol. The Morgan fingerprint density at radius 1 is 1.17 bits per heavy atom. The number of nitrogens with zero attached hydrogens (tertiary/aromatic N) is 1. The Kier molecular flexibility index (Phi) is 5.77. The van der Waals surface area contributed by atoms with E-state index in [0.717, 1.165) is 0 Å². The first-order valence-electron chi connectivity index (χ1n) is 9.03. The Morgan fingerprint density at radius 3 is 2.52 bits per heavy atom. The van der Waals surface area contributed by atoms with Gasteiger partial charge in [0.15, 0.2) is 0 Å². The molecule has 1 aliphatic rings. The Bertz CT molecular complexity index is 1080. The van der Waals surface area contributed by atoms with Gasteiger partial charge in [-0.2, -0.15) is 0 Å². The lowest BCUT2D eigenvalue weighted by atomic mass is 9.93. The minimum Gasteiger partial charge on any atom is -0.490 e. The summed E-state index contributed by atoms with van der Waals surface area (Å²) in [5.74, 6) is 0.389. The van der Waals surface area contributed by atoms with Crippen LogP contribution in [0.15, 0.2) is 35.2 Å². The van der Waals surface area contributed by atoms with E-state index < -0.39 is 15.4 Å². The summed E-state index contributed by atoms with van der Waals surface area (Å²) in [6.45, 7) is 7.88. The van der Waals surface area contributed by atoms with Gasteiger partial charge in [0.2, 0.25) is 5.91 Å². The predicted molar refractivity (Wildman–Crippen MR) is 116 cm³/mol. The summed E-state index contributed by atoms with van der Waals surface area (Å²) in [5, 5.41) is 0.419. The highest BCUT2D eigenvalue weighted by atomic mass is 35.5. The number of halogens is 2. The minimum atomic E-state index is -3.95. The van der Waals surface area contributed by atoms with Gasteiger partial charge in [0, 0.05) is 17.6 Å². The fraction of sp³-hybridized carbons (Fsp3) is 0.350. The van der Waals surface area contributed by atoms with Gasteiger partial charge in [-0.25, -0.2) is 8.42 Å². The fourth-order valence-electron chi connectivity index (χ4n) is 3.07. The van der Waals surface area contributed by atoms with E-state index >= 15 is 0 Å². The second-order valence-corrected chi connectivity index (χ2v) is 10.0. The van der Waals surface area contributed by atoms with E-state index in [1.54, 1.807) is 30.0 Å². The van der Waals surface area contributed by atoms with Crippen molar-refractivity contribution in [2.24, 2.45) is 5.41 Å². The van der Waals surface area contributed by atoms with Gasteiger partial charge in [0.25, 0.3) is 10.0 Å². The fourth-order valence-corrected chi connectivity index (χ4v) is 4.95. The molecule has 29 heavy (non-hydrogen) atoms. The lowest BCUT2D eigenvalue weighted by Gasteiger charge is -2.26. The minimum absolute atomic E-state index is 0.0311. The van der Waals surface area contributed by atoms with Gasteiger partial charge in [-0.3, -0.25) is 9.52 Å². The molecule has 6 nitrogen and oxygen atoms in total. The third-order valence-corrected chi connectivity index (χ3v) is 6.99. The second kappa shape index (κ2) is 7.70. The average Bonchev–Trinajstić information content (AvgIpc) is 2.72. The second-order valence-electron chi connectivity index (χ2n) is 7.54. The number of aryl methyl sites for hydroxylation is 1. The molecular formula is C20H22Cl2N2O4S. The van der Waals surface area contributed by atoms with Crippen LogP contribution in [0.4, 0.5) is 11.4 Å². The summed E-state index contributed by atoms with van der Waals surface area (Å²) >= 11 is 12.1. The average molecular weight is 457 g/mol. The van der Waals surface area contributed by atoms with E-state index in [-0.39, 0.29) is 22.4 Å². The number of rotatable bonds is 4. The number of anilines is 2. The number of nitrogens with one attached hydrogen (secondary N) is 1. The maximum Gasteiger partial charge on any atom is 0.263 e. The Hall–Kier alpha value is -1.96. The summed E-state index contributed by atoms with van der Waals surface area (Å²) in [6.07, 6.45) is 0. The molecule has 1 heterocycles. The van der Waals surface area contributed by atoms with Gasteiger partial charge in [-0.15, -0.1) is 0 Å². The molecule has 1 amide bonds. The summed E-state index contributed by atoms with van der Waals surface area (Å²) in [5.41, 5.74) is 0.811. The number of carbonyl (C=O) groups is 1. The normalized spacial score (nSPS) is 16.1. The number of hydrogen-bond acceptors (Lipinski definition) is 4. The zero-order chi connectivity index (χ0) is 21.6. The first-order valence-corrected chi connectivity index (χ1v) is 11.3. The molecule has 2 aromatic rings. The van der Waals surface area contributed by atoms with Crippen molar-refractivity contribution in [1.29, 1.82) is 0 Å². The van der Waals surface area contributed by atoms with Gasteiger partial charge in [0.1, 0.15) is 17.3 Å². The van der Waals surface area contributed by atoms with E-state index in [0.29, 0.717) is 34.3 Å². The molecule has 0 bridgehead atoms. The van der Waals surface area contributed by atoms with Gasteiger partial charge in [0.05, 0.1) is 21.8 Å². The van der Waals surface area contributed by atoms with E-state index in [9.17, 15) is 13.2 Å². The number of fused-ring (bicyclic) bond motifs is 1. The van der Waals surface area contributed by atoms with E-state index in [2.05, 4.69) is 4.72 Å². The molecule has 2 aromatic carbocycles. The molecule has 0 unspecified atom stereocenters. The first kappa shape index (κ1) is 21.7. The maximum atomic E-state index is 12.9. The first-order chi connectivity index (χ1) is 13.5. The van der Waals surface area contributed by atoms with E-state index in [1.165, 1.54) is 12.1 Å². The van der Waals surface area contributed by atoms with Crippen molar-refractivity contribution in [1.82, 2.24) is 0 Å². The molecule has 0 radical (unpaired) electrons. The van der Waals surface area contributed by atoms with Crippen LogP contribution < -0.4 is 14.4 Å². The number of amides is 1. The highest BCUT2D eigenvalue weighted by Crippen LogP contribution is 2.38. The number of hydrogen-bond donors (Lipinski definition) is 1. The Morgan fingerprint density at radius 2 is 1.86 bits per heavy atom. The Balaban J connectivity index is 1.98. The van der Waals surface area contributed by atoms with Crippen molar-refractivity contribution in [2.75, 3.05) is 22.8 Å². The SMILES string of the molecule is CCN1C(=O)C(C)(C)COc2cc(NS(=O)(=O)c3cc(C)c(Cl)cc3Cl)ccc21. The van der Waals surface area contributed by atoms with Crippen molar-refractivity contribution in [2.45, 2.75) is 32.6 Å². The lowest BCUT2D eigenvalue weighted by molar-refractivity contribution is -0.127. The van der Waals surface area contributed by atoms with Crippen LogP contribution in [-0.2, 0) is 14.8 Å². The molecule has 0 atom stereocenters. The molecule has 0 fully saturated rings. The third-order valence-electron chi connectivity index (χ3n) is 4.73. The van der Waals surface area contributed by atoms with Crippen LogP contribution >= 0.6 is 23.2 Å². The van der Waals surface area contributed by atoms with Crippen LogP contribution in [0.2, 0.25) is 10.0 Å². The van der Waals surface area contributed by atoms with Gasteiger partial charge in [-0.05, 0) is 57.5 Å². The third kappa shape index (κ3) is 4.17. The summed E-state index contributed by atoms with van der Waals surface area (Å²) in [4.78, 5) is 14.3. The maximum absolute atomic E-state index is 12.9. The topological polar surface area (TPSA) is 75.7 Å².